The topological polar surface area (TPSA) is 3.24 Å². The molecule has 0 spiro atoms. The first kappa shape index (κ1) is 14.2. The van der Waals surface area contributed by atoms with Gasteiger partial charge >= 0.3 is 0 Å². The van der Waals surface area contributed by atoms with Gasteiger partial charge in [-0.25, -0.2) is 0 Å². The molecule has 16 heavy (non-hydrogen) atoms. The van der Waals surface area contributed by atoms with E-state index in [9.17, 15) is 0 Å². The SMILES string of the molecule is CCC(CBr)CN(C)Cc1cccc(Br)c1. The number of benzene rings is 1. The molecule has 0 heterocycles. The molecule has 0 aliphatic carbocycles. The lowest BCUT2D eigenvalue weighted by molar-refractivity contribution is 0.278. The zero-order valence-corrected chi connectivity index (χ0v) is 13.1. The molecule has 0 aromatic heterocycles. The van der Waals surface area contributed by atoms with Gasteiger partial charge in [-0.05, 0) is 30.7 Å². The van der Waals surface area contributed by atoms with Gasteiger partial charge in [-0.1, -0.05) is 57.3 Å². The number of nitrogens with zero attached hydrogens (tertiary/aromatic N) is 1. The van der Waals surface area contributed by atoms with Crippen LogP contribution in [0.5, 0.6) is 0 Å². The molecule has 1 atom stereocenters. The number of hydrogen-bond donors (Lipinski definition) is 0. The van der Waals surface area contributed by atoms with E-state index in [0.717, 1.165) is 28.8 Å². The van der Waals surface area contributed by atoms with Crippen molar-refractivity contribution < 1.29 is 0 Å². The normalized spacial score (nSPS) is 13.1. The zero-order valence-electron chi connectivity index (χ0n) is 9.92. The Labute approximate surface area is 115 Å². The van der Waals surface area contributed by atoms with E-state index < -0.39 is 0 Å². The van der Waals surface area contributed by atoms with Gasteiger partial charge < -0.3 is 4.90 Å². The van der Waals surface area contributed by atoms with Gasteiger partial charge in [0.2, 0.25) is 0 Å². The van der Waals surface area contributed by atoms with Crippen LogP contribution < -0.4 is 0 Å². The molecular formula is C13H19Br2N. The highest BCUT2D eigenvalue weighted by Gasteiger charge is 2.08. The minimum atomic E-state index is 0.747. The molecule has 0 radical (unpaired) electrons. The van der Waals surface area contributed by atoms with E-state index in [2.05, 4.69) is 75.0 Å². The number of hydrogen-bond acceptors (Lipinski definition) is 1. The highest BCUT2D eigenvalue weighted by molar-refractivity contribution is 9.10. The molecule has 0 saturated heterocycles. The maximum absolute atomic E-state index is 3.57. The smallest absolute Gasteiger partial charge is 0.0231 e. The summed E-state index contributed by atoms with van der Waals surface area (Å²) in [4.78, 5) is 2.39. The molecule has 0 saturated carbocycles. The number of alkyl halides is 1. The highest BCUT2D eigenvalue weighted by atomic mass is 79.9. The second kappa shape index (κ2) is 7.46. The van der Waals surface area contributed by atoms with Crippen LogP contribution in [0.25, 0.3) is 0 Å². The van der Waals surface area contributed by atoms with Gasteiger partial charge in [0.15, 0.2) is 0 Å². The Morgan fingerprint density at radius 3 is 2.69 bits per heavy atom. The molecule has 0 bridgehead atoms. The first-order valence-corrected chi connectivity index (χ1v) is 7.56. The molecule has 0 aliphatic rings. The predicted octanol–water partition coefficient (Wildman–Crippen LogP) is 4.30. The lowest BCUT2D eigenvalue weighted by Gasteiger charge is -2.21. The summed E-state index contributed by atoms with van der Waals surface area (Å²) in [6.07, 6.45) is 1.23. The van der Waals surface area contributed by atoms with Crippen molar-refractivity contribution in [3.05, 3.63) is 34.3 Å². The third-order valence-electron chi connectivity index (χ3n) is 2.71. The first-order chi connectivity index (χ1) is 7.65. The Balaban J connectivity index is 2.47. The van der Waals surface area contributed by atoms with Crippen LogP contribution in [0.15, 0.2) is 28.7 Å². The van der Waals surface area contributed by atoms with Gasteiger partial charge in [-0.2, -0.15) is 0 Å². The van der Waals surface area contributed by atoms with Crippen LogP contribution in [0.2, 0.25) is 0 Å². The summed E-state index contributed by atoms with van der Waals surface area (Å²) in [7, 11) is 2.19. The number of halogens is 2. The maximum atomic E-state index is 3.57. The van der Waals surface area contributed by atoms with Crippen molar-refractivity contribution in [2.24, 2.45) is 5.92 Å². The standard InChI is InChI=1S/C13H19Br2N/c1-3-11(8-14)9-16(2)10-12-5-4-6-13(15)7-12/h4-7,11H,3,8-10H2,1-2H3. The fourth-order valence-electron chi connectivity index (χ4n) is 1.74. The maximum Gasteiger partial charge on any atom is 0.0231 e. The van der Waals surface area contributed by atoms with Crippen LogP contribution in [-0.4, -0.2) is 23.8 Å². The van der Waals surface area contributed by atoms with E-state index in [1.165, 1.54) is 12.0 Å². The minimum absolute atomic E-state index is 0.747. The van der Waals surface area contributed by atoms with Crippen molar-refractivity contribution in [3.63, 3.8) is 0 Å². The fraction of sp³-hybridized carbons (Fsp3) is 0.538. The fourth-order valence-corrected chi connectivity index (χ4v) is 2.85. The van der Waals surface area contributed by atoms with Gasteiger partial charge in [0.05, 0.1) is 0 Å². The highest BCUT2D eigenvalue weighted by Crippen LogP contribution is 2.14. The average molecular weight is 349 g/mol. The van der Waals surface area contributed by atoms with Crippen LogP contribution in [-0.2, 0) is 6.54 Å². The predicted molar refractivity (Wildman–Crippen MR) is 78.1 cm³/mol. The van der Waals surface area contributed by atoms with E-state index in [-0.39, 0.29) is 0 Å². The summed E-state index contributed by atoms with van der Waals surface area (Å²) < 4.78 is 1.16. The monoisotopic (exact) mass is 347 g/mol. The molecule has 0 N–H and O–H groups in total. The van der Waals surface area contributed by atoms with Gasteiger partial charge in [0, 0.05) is 22.9 Å². The molecule has 0 fully saturated rings. The summed E-state index contributed by atoms with van der Waals surface area (Å²) >= 11 is 7.07. The molecule has 3 heteroatoms. The van der Waals surface area contributed by atoms with Crippen LogP contribution in [0.4, 0.5) is 0 Å². The summed E-state index contributed by atoms with van der Waals surface area (Å²) in [6, 6.07) is 8.52. The van der Waals surface area contributed by atoms with Gasteiger partial charge in [0.25, 0.3) is 0 Å². The molecule has 1 aromatic rings. The van der Waals surface area contributed by atoms with Crippen LogP contribution in [0.3, 0.4) is 0 Å². The summed E-state index contributed by atoms with van der Waals surface area (Å²) in [6.45, 7) is 4.41. The quantitative estimate of drug-likeness (QED) is 0.692. The Morgan fingerprint density at radius 1 is 1.38 bits per heavy atom. The Morgan fingerprint density at radius 2 is 2.12 bits per heavy atom. The van der Waals surface area contributed by atoms with E-state index in [4.69, 9.17) is 0 Å². The van der Waals surface area contributed by atoms with Crippen molar-refractivity contribution in [2.75, 3.05) is 18.9 Å². The van der Waals surface area contributed by atoms with Crippen molar-refractivity contribution in [1.29, 1.82) is 0 Å². The molecule has 1 unspecified atom stereocenters. The molecule has 1 nitrogen and oxygen atoms in total. The van der Waals surface area contributed by atoms with Crippen LogP contribution >= 0.6 is 31.9 Å². The van der Waals surface area contributed by atoms with E-state index in [1.807, 2.05) is 0 Å². The zero-order chi connectivity index (χ0) is 12.0. The number of rotatable bonds is 6. The first-order valence-electron chi connectivity index (χ1n) is 5.64. The minimum Gasteiger partial charge on any atom is -0.302 e. The van der Waals surface area contributed by atoms with Gasteiger partial charge in [-0.15, -0.1) is 0 Å². The molecule has 1 aromatic carbocycles. The van der Waals surface area contributed by atoms with E-state index in [0.29, 0.717) is 0 Å². The van der Waals surface area contributed by atoms with Gasteiger partial charge in [-0.3, -0.25) is 0 Å². The second-order valence-corrected chi connectivity index (χ2v) is 5.82. The summed E-state index contributed by atoms with van der Waals surface area (Å²) in [5.41, 5.74) is 1.36. The third kappa shape index (κ3) is 4.98. The Bertz CT molecular complexity index is 311. The van der Waals surface area contributed by atoms with E-state index >= 15 is 0 Å². The summed E-state index contributed by atoms with van der Waals surface area (Å²) in [5, 5.41) is 1.09. The molecule has 90 valence electrons. The average Bonchev–Trinajstić information content (AvgIpc) is 2.26. The lowest BCUT2D eigenvalue weighted by Crippen LogP contribution is -2.25. The van der Waals surface area contributed by atoms with Crippen LogP contribution in [0.1, 0.15) is 18.9 Å². The largest absolute Gasteiger partial charge is 0.302 e. The van der Waals surface area contributed by atoms with E-state index in [1.54, 1.807) is 0 Å². The summed E-state index contributed by atoms with van der Waals surface area (Å²) in [5.74, 6) is 0.747. The molecular weight excluding hydrogens is 330 g/mol. The van der Waals surface area contributed by atoms with Gasteiger partial charge in [0.1, 0.15) is 0 Å². The Kier molecular flexibility index (Phi) is 6.62. The Hall–Kier alpha value is 0.140. The van der Waals surface area contributed by atoms with Crippen molar-refractivity contribution >= 4 is 31.9 Å². The molecule has 0 amide bonds. The molecule has 0 aliphatic heterocycles. The van der Waals surface area contributed by atoms with Crippen molar-refractivity contribution in [2.45, 2.75) is 19.9 Å². The molecule has 1 rings (SSSR count). The van der Waals surface area contributed by atoms with Crippen molar-refractivity contribution in [3.8, 4) is 0 Å². The second-order valence-electron chi connectivity index (χ2n) is 4.26. The third-order valence-corrected chi connectivity index (χ3v) is 4.12. The lowest BCUT2D eigenvalue weighted by atomic mass is 10.1. The van der Waals surface area contributed by atoms with Crippen LogP contribution in [0, 0.1) is 5.92 Å². The van der Waals surface area contributed by atoms with Crippen molar-refractivity contribution in [1.82, 2.24) is 4.90 Å².